The number of carbonyl (C=O) groups excluding carboxylic acids is 2. The number of nitrogens with zero attached hydrogens (tertiary/aromatic N) is 8. The van der Waals surface area contributed by atoms with Crippen LogP contribution in [0.1, 0.15) is 46.0 Å². The first kappa shape index (κ1) is 45.5. The van der Waals surface area contributed by atoms with E-state index in [0.717, 1.165) is 90.8 Å². The predicted molar refractivity (Wildman–Crippen MR) is 245 cm³/mol. The smallest absolute Gasteiger partial charge is 0.537 e. The third-order valence-corrected chi connectivity index (χ3v) is 9.70. The molecule has 0 aliphatic carbocycles. The van der Waals surface area contributed by atoms with Crippen LogP contribution in [0.15, 0.2) is 146 Å². The topological polar surface area (TPSA) is 150 Å². The fourth-order valence-corrected chi connectivity index (χ4v) is 6.81. The monoisotopic (exact) mass is 888 g/mol. The summed E-state index contributed by atoms with van der Waals surface area (Å²) in [5.74, 6) is 0.498. The molecule has 0 saturated heterocycles. The van der Waals surface area contributed by atoms with Crippen molar-refractivity contribution in [3.8, 4) is 39.3 Å². The number of hydrogen-bond donors (Lipinski definition) is 1. The third kappa shape index (κ3) is 10.4. The fourth-order valence-electron chi connectivity index (χ4n) is 6.57. The van der Waals surface area contributed by atoms with E-state index in [4.69, 9.17) is 21.6 Å². The molecule has 6 heterocycles. The second-order valence-electron chi connectivity index (χ2n) is 13.5. The van der Waals surface area contributed by atoms with Crippen molar-refractivity contribution in [3.05, 3.63) is 174 Å². The van der Waals surface area contributed by atoms with Crippen LogP contribution in [0.4, 0.5) is 0 Å². The van der Waals surface area contributed by atoms with Crippen molar-refractivity contribution in [2.75, 3.05) is 0 Å². The zero-order valence-corrected chi connectivity index (χ0v) is 36.8. The van der Waals surface area contributed by atoms with Gasteiger partial charge in [-0.3, -0.25) is 9.59 Å². The number of aldehydes is 2. The molecular formula is C48H39BClN8O4V. The summed E-state index contributed by atoms with van der Waals surface area (Å²) >= 11 is 6.37. The molecule has 6 aromatic heterocycles. The minimum Gasteiger partial charge on any atom is -0.537 e. The van der Waals surface area contributed by atoms with Crippen molar-refractivity contribution in [3.63, 3.8) is 0 Å². The van der Waals surface area contributed by atoms with Gasteiger partial charge in [0.05, 0.1) is 17.1 Å². The van der Waals surface area contributed by atoms with Crippen molar-refractivity contribution in [2.24, 2.45) is 0 Å². The molecule has 0 spiro atoms. The molecule has 0 unspecified atom stereocenters. The van der Waals surface area contributed by atoms with Crippen LogP contribution in [0.5, 0.6) is 5.75 Å². The van der Waals surface area contributed by atoms with Gasteiger partial charge in [-0.1, -0.05) is 110 Å². The summed E-state index contributed by atoms with van der Waals surface area (Å²) < 4.78 is 8.13. The molecule has 63 heavy (non-hydrogen) atoms. The van der Waals surface area contributed by atoms with Crippen molar-refractivity contribution in [1.82, 2.24) is 39.2 Å². The average molecular weight is 889 g/mol. The van der Waals surface area contributed by atoms with E-state index in [-0.39, 0.29) is 18.6 Å². The minimum absolute atomic E-state index is 0. The van der Waals surface area contributed by atoms with Gasteiger partial charge in [0.2, 0.25) is 0 Å². The largest absolute Gasteiger partial charge is 0.569 e. The van der Waals surface area contributed by atoms with E-state index < -0.39 is 0 Å². The molecule has 0 aliphatic heterocycles. The standard InChI is InChI=1S/C23H16N4O.C16H11ClN4.C7H6BO3.C2H6.V/c1-15-11-21-24-13-19-12-20(17-5-3-2-4-6-17)22(25-23(19)27(21)26-15)18-9-7-16(14-28)8-10-18;1-10-7-14-18-9-12-8-13(11-5-3-2-4-6-11)15(17)19-16(12)21(14)20-10;9-5-6-1-3-7(4-2-6)11-8-10;1-2;/h2-14H,1H3;2-9H,1H3;1-5,10H;1-2H3;. The number of hydrogen-bond acceptors (Lipinski definition) is 10. The third-order valence-electron chi connectivity index (χ3n) is 9.41. The number of fused-ring (bicyclic) bond motifs is 6. The first-order valence-electron chi connectivity index (χ1n) is 19.6. The number of aromatic nitrogens is 8. The maximum absolute atomic E-state index is 11.0. The number of rotatable bonds is 7. The van der Waals surface area contributed by atoms with Crippen LogP contribution in [0.2, 0.25) is 5.15 Å². The molecule has 310 valence electrons. The normalized spacial score (nSPS) is 10.4. The maximum Gasteiger partial charge on any atom is 0.569 e. The molecule has 12 nitrogen and oxygen atoms in total. The summed E-state index contributed by atoms with van der Waals surface area (Å²) in [7, 11) is 0.593. The Morgan fingerprint density at radius 1 is 0.603 bits per heavy atom. The van der Waals surface area contributed by atoms with Gasteiger partial charge in [0, 0.05) is 81.7 Å². The summed E-state index contributed by atoms with van der Waals surface area (Å²) in [6.07, 6.45) is 5.23. The molecule has 15 heteroatoms. The molecule has 10 aromatic rings. The van der Waals surface area contributed by atoms with Gasteiger partial charge in [-0.15, -0.1) is 0 Å². The van der Waals surface area contributed by atoms with Gasteiger partial charge < -0.3 is 9.68 Å². The zero-order valence-electron chi connectivity index (χ0n) is 34.7. The van der Waals surface area contributed by atoms with E-state index in [9.17, 15) is 9.59 Å². The second-order valence-corrected chi connectivity index (χ2v) is 13.9. The van der Waals surface area contributed by atoms with Crippen molar-refractivity contribution in [2.45, 2.75) is 27.7 Å². The molecule has 0 amide bonds. The molecule has 4 aromatic carbocycles. The van der Waals surface area contributed by atoms with Gasteiger partial charge in [-0.05, 0) is 61.4 Å². The molecule has 10 rings (SSSR count). The van der Waals surface area contributed by atoms with Crippen LogP contribution < -0.4 is 4.65 Å². The molecule has 1 N–H and O–H groups in total. The minimum atomic E-state index is 0. The van der Waals surface area contributed by atoms with Crippen molar-refractivity contribution >= 4 is 65.2 Å². The predicted octanol–water partition coefficient (Wildman–Crippen LogP) is 10.1. The Balaban J connectivity index is 0.000000166. The van der Waals surface area contributed by atoms with Crippen LogP contribution in [-0.4, -0.2) is 64.4 Å². The van der Waals surface area contributed by atoms with Crippen LogP contribution >= 0.6 is 11.6 Å². The molecule has 0 aliphatic rings. The van der Waals surface area contributed by atoms with Gasteiger partial charge in [-0.25, -0.2) is 19.9 Å². The Kier molecular flexibility index (Phi) is 15.3. The van der Waals surface area contributed by atoms with Crippen LogP contribution in [0, 0.1) is 13.8 Å². The fraction of sp³-hybridized carbons (Fsp3) is 0.0833. The molecule has 0 atom stereocenters. The van der Waals surface area contributed by atoms with Crippen molar-refractivity contribution in [1.29, 1.82) is 0 Å². The zero-order chi connectivity index (χ0) is 43.6. The number of aryl methyl sites for hydroxylation is 2. The number of pyridine rings is 2. The van der Waals surface area contributed by atoms with E-state index in [1.54, 1.807) is 33.3 Å². The summed E-state index contributed by atoms with van der Waals surface area (Å²) in [4.78, 5) is 39.6. The van der Waals surface area contributed by atoms with E-state index in [2.05, 4.69) is 48.0 Å². The van der Waals surface area contributed by atoms with E-state index >= 15 is 0 Å². The Morgan fingerprint density at radius 2 is 1.06 bits per heavy atom. The number of halogens is 1. The quantitative estimate of drug-likeness (QED) is 0.0931. The van der Waals surface area contributed by atoms with E-state index in [1.807, 2.05) is 131 Å². The summed E-state index contributed by atoms with van der Waals surface area (Å²) in [5.41, 5.74) is 11.8. The molecule has 2 radical (unpaired) electrons. The second kappa shape index (κ2) is 21.2. The van der Waals surface area contributed by atoms with Gasteiger partial charge in [0.15, 0.2) is 22.6 Å². The van der Waals surface area contributed by atoms with Crippen LogP contribution in [-0.2, 0) is 18.6 Å². The Morgan fingerprint density at radius 3 is 1.56 bits per heavy atom. The average Bonchev–Trinajstić information content (AvgIpc) is 3.92. The van der Waals surface area contributed by atoms with Gasteiger partial charge >= 0.3 is 7.69 Å². The summed E-state index contributed by atoms with van der Waals surface area (Å²) in [6, 6.07) is 41.9. The number of carbonyl (C=O) groups is 2. The first-order valence-corrected chi connectivity index (χ1v) is 20.0. The van der Waals surface area contributed by atoms with Crippen molar-refractivity contribution < 1.29 is 37.8 Å². The summed E-state index contributed by atoms with van der Waals surface area (Å²) in [6.45, 7) is 7.87. The van der Waals surface area contributed by atoms with E-state index in [0.29, 0.717) is 29.7 Å². The SMILES string of the molecule is CC.Cc1cc2ncc3cc(-c4ccccc4)c(-c4ccc(C=O)cc4)nc3n2n1.Cc1cc2ncc3cc(-c4ccccc4)c(Cl)nc3n2n1.O=Cc1ccc(O[B]O)cc1.[V]. The Hall–Kier alpha value is -7.02. The molecule has 0 bridgehead atoms. The Labute approximate surface area is 380 Å². The first-order chi connectivity index (χ1) is 30.3. The summed E-state index contributed by atoms with van der Waals surface area (Å²) in [5, 5.41) is 19.5. The maximum atomic E-state index is 11.0. The Bertz CT molecular complexity index is 3130. The van der Waals surface area contributed by atoms with Gasteiger partial charge in [-0.2, -0.15) is 19.2 Å². The van der Waals surface area contributed by atoms with E-state index in [1.165, 1.54) is 0 Å². The van der Waals surface area contributed by atoms with Crippen LogP contribution in [0.25, 0.3) is 66.9 Å². The van der Waals surface area contributed by atoms with Gasteiger partial charge in [0.1, 0.15) is 23.5 Å². The van der Waals surface area contributed by atoms with Gasteiger partial charge in [0.25, 0.3) is 0 Å². The number of benzene rings is 4. The van der Waals surface area contributed by atoms with Crippen LogP contribution in [0.3, 0.4) is 0 Å². The molecule has 0 fully saturated rings. The molecular weight excluding hydrogens is 850 g/mol. The molecule has 0 saturated carbocycles.